The van der Waals surface area contributed by atoms with E-state index < -0.39 is 5.97 Å². The molecule has 1 aliphatic carbocycles. The lowest BCUT2D eigenvalue weighted by Crippen LogP contribution is -2.29. The number of benzene rings is 2. The Morgan fingerprint density at radius 1 is 0.972 bits per heavy atom. The van der Waals surface area contributed by atoms with Crippen molar-refractivity contribution in [2.24, 2.45) is 5.92 Å². The molecule has 0 radical (unpaired) electrons. The summed E-state index contributed by atoms with van der Waals surface area (Å²) in [6.45, 7) is 4.68. The minimum atomic E-state index is -0.442. The summed E-state index contributed by atoms with van der Waals surface area (Å²) in [6.07, 6.45) is 10.9. The largest absolute Gasteiger partial charge is 0.462 e. The Labute approximate surface area is 213 Å². The van der Waals surface area contributed by atoms with Crippen LogP contribution < -0.4 is 16.2 Å². The molecule has 4 N–H and O–H groups in total. The molecule has 0 atom stereocenters. The van der Waals surface area contributed by atoms with Crippen LogP contribution in [0.5, 0.6) is 5.75 Å². The van der Waals surface area contributed by atoms with Gasteiger partial charge in [-0.25, -0.2) is 4.79 Å². The Balaban J connectivity index is 1.37. The summed E-state index contributed by atoms with van der Waals surface area (Å²) in [5.41, 5.74) is 14.4. The summed E-state index contributed by atoms with van der Waals surface area (Å²) in [4.78, 5) is 24.5. The van der Waals surface area contributed by atoms with Crippen LogP contribution in [0.15, 0.2) is 61.2 Å². The topological polar surface area (TPSA) is 114 Å². The SMILES string of the molecule is C=CCCCOC1CCC(C(=O)Oc2ccc(/C=C/C(=O)OCCc3cc(N)cc(N)c3)cc2)CC1. The fraction of sp³-hybridized carbons (Fsp3) is 0.379. The average molecular weight is 493 g/mol. The second-order valence-electron chi connectivity index (χ2n) is 9.02. The predicted octanol–water partition coefficient (Wildman–Crippen LogP) is 5.10. The van der Waals surface area contributed by atoms with Crippen LogP contribution >= 0.6 is 0 Å². The number of allylic oxidation sites excluding steroid dienone is 1. The molecule has 0 heterocycles. The number of anilines is 2. The third-order valence-electron chi connectivity index (χ3n) is 6.10. The number of carbonyl (C=O) groups excluding carboxylic acids is 2. The number of carbonyl (C=O) groups is 2. The van der Waals surface area contributed by atoms with Crippen molar-refractivity contribution in [3.05, 3.63) is 72.3 Å². The zero-order valence-corrected chi connectivity index (χ0v) is 20.7. The molecule has 0 bridgehead atoms. The van der Waals surface area contributed by atoms with Gasteiger partial charge in [-0.1, -0.05) is 18.2 Å². The Kier molecular flexibility index (Phi) is 10.6. The molecule has 3 rings (SSSR count). The van der Waals surface area contributed by atoms with Gasteiger partial charge >= 0.3 is 11.9 Å². The lowest BCUT2D eigenvalue weighted by molar-refractivity contribution is -0.141. The van der Waals surface area contributed by atoms with E-state index in [-0.39, 0.29) is 24.6 Å². The molecule has 2 aromatic carbocycles. The average Bonchev–Trinajstić information content (AvgIpc) is 2.86. The van der Waals surface area contributed by atoms with Gasteiger partial charge in [-0.05, 0) is 86.1 Å². The zero-order valence-electron chi connectivity index (χ0n) is 20.7. The van der Waals surface area contributed by atoms with Crippen LogP contribution in [-0.2, 0) is 25.5 Å². The molecule has 7 nitrogen and oxygen atoms in total. The van der Waals surface area contributed by atoms with Crippen LogP contribution in [0.3, 0.4) is 0 Å². The Morgan fingerprint density at radius 3 is 2.33 bits per heavy atom. The number of unbranched alkanes of at least 4 members (excludes halogenated alkanes) is 1. The summed E-state index contributed by atoms with van der Waals surface area (Å²) in [5, 5.41) is 0. The first-order valence-electron chi connectivity index (χ1n) is 12.5. The minimum absolute atomic E-state index is 0.101. The molecule has 1 fully saturated rings. The highest BCUT2D eigenvalue weighted by Crippen LogP contribution is 2.28. The number of hydrogen-bond donors (Lipinski definition) is 2. The third-order valence-corrected chi connectivity index (χ3v) is 6.10. The second-order valence-corrected chi connectivity index (χ2v) is 9.02. The van der Waals surface area contributed by atoms with Gasteiger partial charge < -0.3 is 25.7 Å². The first-order chi connectivity index (χ1) is 17.4. The van der Waals surface area contributed by atoms with E-state index in [1.165, 1.54) is 6.08 Å². The third kappa shape index (κ3) is 9.23. The van der Waals surface area contributed by atoms with Crippen molar-refractivity contribution in [2.75, 3.05) is 24.7 Å². The summed E-state index contributed by atoms with van der Waals surface area (Å²) in [5.74, 6) is -0.253. The molecule has 7 heteroatoms. The molecule has 1 saturated carbocycles. The van der Waals surface area contributed by atoms with Crippen LogP contribution in [0.1, 0.15) is 49.7 Å². The van der Waals surface area contributed by atoms with Crippen molar-refractivity contribution in [3.63, 3.8) is 0 Å². The quantitative estimate of drug-likeness (QED) is 0.106. The molecule has 36 heavy (non-hydrogen) atoms. The molecule has 1 aliphatic rings. The molecule has 0 aliphatic heterocycles. The van der Waals surface area contributed by atoms with Crippen LogP contribution in [0, 0.1) is 5.92 Å². The molecule has 0 aromatic heterocycles. The highest BCUT2D eigenvalue weighted by atomic mass is 16.5. The maximum absolute atomic E-state index is 12.6. The van der Waals surface area contributed by atoms with Crippen LogP contribution in [-0.4, -0.2) is 31.3 Å². The van der Waals surface area contributed by atoms with Crippen molar-refractivity contribution in [3.8, 4) is 5.75 Å². The summed E-state index contributed by atoms with van der Waals surface area (Å²) >= 11 is 0. The molecular weight excluding hydrogens is 456 g/mol. The smallest absolute Gasteiger partial charge is 0.330 e. The fourth-order valence-electron chi connectivity index (χ4n) is 4.16. The van der Waals surface area contributed by atoms with Crippen molar-refractivity contribution < 1.29 is 23.8 Å². The maximum atomic E-state index is 12.6. The second kappa shape index (κ2) is 14.1. The normalized spacial score (nSPS) is 17.6. The fourth-order valence-corrected chi connectivity index (χ4v) is 4.16. The van der Waals surface area contributed by atoms with Crippen molar-refractivity contribution in [2.45, 2.75) is 51.0 Å². The van der Waals surface area contributed by atoms with E-state index in [0.717, 1.165) is 56.3 Å². The van der Waals surface area contributed by atoms with Gasteiger partial charge in [-0.3, -0.25) is 4.79 Å². The predicted molar refractivity (Wildman–Crippen MR) is 142 cm³/mol. The van der Waals surface area contributed by atoms with E-state index in [1.54, 1.807) is 48.5 Å². The van der Waals surface area contributed by atoms with Crippen molar-refractivity contribution in [1.29, 1.82) is 0 Å². The minimum Gasteiger partial charge on any atom is -0.462 e. The molecule has 0 spiro atoms. The van der Waals surface area contributed by atoms with Gasteiger partial charge in [0.15, 0.2) is 0 Å². The molecular formula is C29H36N2O5. The maximum Gasteiger partial charge on any atom is 0.330 e. The Hall–Kier alpha value is -3.58. The number of esters is 2. The van der Waals surface area contributed by atoms with Gasteiger partial charge in [0.1, 0.15) is 5.75 Å². The zero-order chi connectivity index (χ0) is 25.8. The van der Waals surface area contributed by atoms with E-state index in [9.17, 15) is 9.59 Å². The highest BCUT2D eigenvalue weighted by Gasteiger charge is 2.28. The van der Waals surface area contributed by atoms with E-state index in [2.05, 4.69) is 6.58 Å². The first kappa shape index (κ1) is 27.0. The van der Waals surface area contributed by atoms with Crippen molar-refractivity contribution in [1.82, 2.24) is 0 Å². The number of rotatable bonds is 12. The summed E-state index contributed by atoms with van der Waals surface area (Å²) in [6, 6.07) is 12.3. The van der Waals surface area contributed by atoms with Gasteiger partial charge in [-0.15, -0.1) is 6.58 Å². The molecule has 0 unspecified atom stereocenters. The van der Waals surface area contributed by atoms with Crippen LogP contribution in [0.4, 0.5) is 11.4 Å². The first-order valence-corrected chi connectivity index (χ1v) is 12.5. The Bertz CT molecular complexity index is 1020. The van der Waals surface area contributed by atoms with Crippen molar-refractivity contribution >= 4 is 29.4 Å². The molecule has 192 valence electrons. The standard InChI is InChI=1S/C29H36N2O5/c1-2-3-4-16-34-26-12-8-23(9-13-26)29(33)36-27-10-5-21(6-11-27)7-14-28(32)35-17-15-22-18-24(30)20-25(31)19-22/h2,5-7,10-11,14,18-20,23,26H,1,3-4,8-9,12-13,15-17,30-31H2/b14-7+. The Morgan fingerprint density at radius 2 is 1.67 bits per heavy atom. The van der Waals surface area contributed by atoms with E-state index >= 15 is 0 Å². The number of hydrogen-bond acceptors (Lipinski definition) is 7. The lowest BCUT2D eigenvalue weighted by atomic mass is 9.87. The highest BCUT2D eigenvalue weighted by molar-refractivity contribution is 5.87. The van der Waals surface area contributed by atoms with Gasteiger partial charge in [0.2, 0.25) is 0 Å². The number of nitrogens with two attached hydrogens (primary N) is 2. The van der Waals surface area contributed by atoms with Crippen LogP contribution in [0.25, 0.3) is 6.08 Å². The summed E-state index contributed by atoms with van der Waals surface area (Å²) in [7, 11) is 0. The van der Waals surface area contributed by atoms with E-state index in [0.29, 0.717) is 23.5 Å². The van der Waals surface area contributed by atoms with E-state index in [1.807, 2.05) is 6.08 Å². The van der Waals surface area contributed by atoms with Crippen LogP contribution in [0.2, 0.25) is 0 Å². The lowest BCUT2D eigenvalue weighted by Gasteiger charge is -2.27. The molecule has 2 aromatic rings. The monoisotopic (exact) mass is 492 g/mol. The van der Waals surface area contributed by atoms with E-state index in [4.69, 9.17) is 25.7 Å². The molecule has 0 saturated heterocycles. The number of nitrogen functional groups attached to an aromatic ring is 2. The number of ether oxygens (including phenoxy) is 3. The van der Waals surface area contributed by atoms with Gasteiger partial charge in [0.05, 0.1) is 18.6 Å². The van der Waals surface area contributed by atoms with Gasteiger partial charge in [0.25, 0.3) is 0 Å². The molecule has 0 amide bonds. The van der Waals surface area contributed by atoms with Gasteiger partial charge in [0, 0.05) is 30.5 Å². The van der Waals surface area contributed by atoms with Gasteiger partial charge in [-0.2, -0.15) is 0 Å². The summed E-state index contributed by atoms with van der Waals surface area (Å²) < 4.78 is 16.7.